The number of imidazole rings is 1. The van der Waals surface area contributed by atoms with Gasteiger partial charge in [0.2, 0.25) is 16.0 Å². The minimum Gasteiger partial charge on any atom is -0.313 e. The van der Waals surface area contributed by atoms with E-state index in [1.54, 1.807) is 29.1 Å². The Labute approximate surface area is 172 Å². The Balaban J connectivity index is 1.64. The van der Waals surface area contributed by atoms with Crippen LogP contribution in [0.5, 0.6) is 0 Å². The van der Waals surface area contributed by atoms with Crippen molar-refractivity contribution in [1.29, 1.82) is 0 Å². The van der Waals surface area contributed by atoms with E-state index in [0.29, 0.717) is 29.6 Å². The van der Waals surface area contributed by atoms with Crippen LogP contribution in [0.25, 0.3) is 11.0 Å². The molecule has 0 unspecified atom stereocenters. The predicted molar refractivity (Wildman–Crippen MR) is 111 cm³/mol. The SMILES string of the molecule is Cn1c(NC(=O)c2sccc2S(=O)(=O)N2CCCCC2)nc2cc(Cl)ccc21. The van der Waals surface area contributed by atoms with Crippen molar-refractivity contribution < 1.29 is 13.2 Å². The molecule has 1 amide bonds. The fourth-order valence-corrected chi connectivity index (χ4v) is 6.33. The average Bonchev–Trinajstić information content (AvgIpc) is 3.28. The maximum atomic E-state index is 13.0. The molecule has 28 heavy (non-hydrogen) atoms. The maximum absolute atomic E-state index is 13.0. The molecule has 1 aliphatic heterocycles. The number of aryl methyl sites for hydroxylation is 1. The van der Waals surface area contributed by atoms with Crippen LogP contribution >= 0.6 is 22.9 Å². The number of nitrogens with zero attached hydrogens (tertiary/aromatic N) is 3. The number of thiophene rings is 1. The van der Waals surface area contributed by atoms with Gasteiger partial charge in [0.15, 0.2) is 0 Å². The molecule has 10 heteroatoms. The third-order valence-electron chi connectivity index (χ3n) is 4.84. The number of amides is 1. The van der Waals surface area contributed by atoms with Gasteiger partial charge in [-0.25, -0.2) is 13.4 Å². The number of nitrogens with one attached hydrogen (secondary N) is 1. The van der Waals surface area contributed by atoms with Crippen LogP contribution in [0.2, 0.25) is 5.02 Å². The summed E-state index contributed by atoms with van der Waals surface area (Å²) in [6, 6.07) is 6.78. The minimum absolute atomic E-state index is 0.0544. The molecule has 7 nitrogen and oxygen atoms in total. The van der Waals surface area contributed by atoms with Crippen LogP contribution in [0, 0.1) is 0 Å². The standard InChI is InChI=1S/C18H19ClN4O3S2/c1-22-14-6-5-12(19)11-13(14)20-18(22)21-17(24)16-15(7-10-27-16)28(25,26)23-8-3-2-4-9-23/h5-7,10-11H,2-4,8-9H2,1H3,(H,20,21,24). The molecule has 0 bridgehead atoms. The van der Waals surface area contributed by atoms with E-state index in [2.05, 4.69) is 10.3 Å². The molecule has 0 saturated carbocycles. The second-order valence-electron chi connectivity index (χ2n) is 6.66. The van der Waals surface area contributed by atoms with Gasteiger partial charge < -0.3 is 4.57 Å². The monoisotopic (exact) mass is 438 g/mol. The number of fused-ring (bicyclic) bond motifs is 1. The number of rotatable bonds is 4. The van der Waals surface area contributed by atoms with Crippen LogP contribution in [-0.2, 0) is 17.1 Å². The van der Waals surface area contributed by atoms with Crippen LogP contribution < -0.4 is 5.32 Å². The van der Waals surface area contributed by atoms with E-state index in [-0.39, 0.29) is 9.77 Å². The van der Waals surface area contributed by atoms with Crippen LogP contribution in [0.15, 0.2) is 34.5 Å². The van der Waals surface area contributed by atoms with E-state index in [4.69, 9.17) is 11.6 Å². The third kappa shape index (κ3) is 3.43. The van der Waals surface area contributed by atoms with Crippen molar-refractivity contribution in [2.24, 2.45) is 7.05 Å². The zero-order valence-electron chi connectivity index (χ0n) is 15.2. The zero-order chi connectivity index (χ0) is 19.9. The fourth-order valence-electron chi connectivity index (χ4n) is 3.35. The Morgan fingerprint density at radius 3 is 2.71 bits per heavy atom. The summed E-state index contributed by atoms with van der Waals surface area (Å²) in [6.45, 7) is 0.982. The lowest BCUT2D eigenvalue weighted by molar-refractivity contribution is 0.102. The lowest BCUT2D eigenvalue weighted by Gasteiger charge is -2.25. The van der Waals surface area contributed by atoms with Gasteiger partial charge in [0, 0.05) is 25.2 Å². The molecule has 1 aliphatic rings. The summed E-state index contributed by atoms with van der Waals surface area (Å²) in [7, 11) is -1.91. The van der Waals surface area contributed by atoms with E-state index >= 15 is 0 Å². The van der Waals surface area contributed by atoms with Crippen LogP contribution in [0.3, 0.4) is 0 Å². The number of halogens is 1. The summed E-state index contributed by atoms with van der Waals surface area (Å²) in [5.74, 6) is -0.160. The molecule has 1 saturated heterocycles. The van der Waals surface area contributed by atoms with Crippen LogP contribution in [0.1, 0.15) is 28.9 Å². The molecule has 148 valence electrons. The minimum atomic E-state index is -3.69. The largest absolute Gasteiger partial charge is 0.313 e. The Morgan fingerprint density at radius 2 is 1.96 bits per heavy atom. The van der Waals surface area contributed by atoms with Gasteiger partial charge >= 0.3 is 0 Å². The highest BCUT2D eigenvalue weighted by molar-refractivity contribution is 7.89. The van der Waals surface area contributed by atoms with Gasteiger partial charge in [-0.1, -0.05) is 18.0 Å². The number of carbonyl (C=O) groups is 1. The molecular weight excluding hydrogens is 420 g/mol. The summed E-state index contributed by atoms with van der Waals surface area (Å²) in [4.78, 5) is 17.5. The van der Waals surface area contributed by atoms with Gasteiger partial charge in [0.05, 0.1) is 11.0 Å². The predicted octanol–water partition coefficient (Wildman–Crippen LogP) is 3.72. The molecule has 4 rings (SSSR count). The van der Waals surface area contributed by atoms with Crippen molar-refractivity contribution in [3.63, 3.8) is 0 Å². The summed E-state index contributed by atoms with van der Waals surface area (Å²) >= 11 is 7.11. The molecule has 3 heterocycles. The molecule has 0 aliphatic carbocycles. The maximum Gasteiger partial charge on any atom is 0.269 e. The highest BCUT2D eigenvalue weighted by Crippen LogP contribution is 2.29. The van der Waals surface area contributed by atoms with Crippen LogP contribution in [0.4, 0.5) is 5.95 Å². The van der Waals surface area contributed by atoms with Gasteiger partial charge in [-0.3, -0.25) is 10.1 Å². The average molecular weight is 439 g/mol. The molecule has 1 N–H and O–H groups in total. The molecule has 3 aromatic rings. The van der Waals surface area contributed by atoms with E-state index < -0.39 is 15.9 Å². The second kappa shape index (κ2) is 7.47. The Kier molecular flexibility index (Phi) is 5.17. The Bertz CT molecular complexity index is 1150. The number of carbonyl (C=O) groups excluding carboxylic acids is 1. The van der Waals surface area contributed by atoms with Gasteiger partial charge in [-0.2, -0.15) is 4.31 Å². The van der Waals surface area contributed by atoms with E-state index in [1.807, 2.05) is 6.07 Å². The van der Waals surface area contributed by atoms with E-state index in [1.165, 1.54) is 10.4 Å². The van der Waals surface area contributed by atoms with Crippen molar-refractivity contribution in [1.82, 2.24) is 13.9 Å². The molecule has 0 atom stereocenters. The molecule has 1 fully saturated rings. The van der Waals surface area contributed by atoms with Crippen molar-refractivity contribution in [3.05, 3.63) is 39.5 Å². The normalized spacial score (nSPS) is 15.8. The smallest absolute Gasteiger partial charge is 0.269 e. The number of sulfonamides is 1. The molecule has 0 radical (unpaired) electrons. The molecule has 0 spiro atoms. The molecule has 2 aromatic heterocycles. The number of aromatic nitrogens is 2. The number of anilines is 1. The first-order valence-electron chi connectivity index (χ1n) is 8.89. The lowest BCUT2D eigenvalue weighted by atomic mass is 10.2. The first-order chi connectivity index (χ1) is 13.4. The quantitative estimate of drug-likeness (QED) is 0.672. The highest BCUT2D eigenvalue weighted by atomic mass is 35.5. The topological polar surface area (TPSA) is 84.3 Å². The van der Waals surface area contributed by atoms with Gasteiger partial charge in [-0.05, 0) is 42.5 Å². The van der Waals surface area contributed by atoms with Crippen molar-refractivity contribution in [3.8, 4) is 0 Å². The lowest BCUT2D eigenvalue weighted by Crippen LogP contribution is -2.36. The third-order valence-corrected chi connectivity index (χ3v) is 8.05. The Morgan fingerprint density at radius 1 is 1.21 bits per heavy atom. The van der Waals surface area contributed by atoms with Crippen LogP contribution in [-0.4, -0.2) is 41.3 Å². The number of benzene rings is 1. The summed E-state index contributed by atoms with van der Waals surface area (Å²) in [6.07, 6.45) is 2.71. The zero-order valence-corrected chi connectivity index (χ0v) is 17.6. The summed E-state index contributed by atoms with van der Waals surface area (Å²) < 4.78 is 29.2. The van der Waals surface area contributed by atoms with Crippen molar-refractivity contribution >= 4 is 55.8 Å². The van der Waals surface area contributed by atoms with Crippen molar-refractivity contribution in [2.75, 3.05) is 18.4 Å². The Hall–Kier alpha value is -1.94. The first-order valence-corrected chi connectivity index (χ1v) is 11.6. The first kappa shape index (κ1) is 19.4. The number of piperidine rings is 1. The number of hydrogen-bond acceptors (Lipinski definition) is 5. The van der Waals surface area contributed by atoms with E-state index in [9.17, 15) is 13.2 Å². The fraction of sp³-hybridized carbons (Fsp3) is 0.333. The van der Waals surface area contributed by atoms with Crippen molar-refractivity contribution in [2.45, 2.75) is 24.2 Å². The summed E-state index contributed by atoms with van der Waals surface area (Å²) in [5.41, 5.74) is 1.46. The molecule has 1 aromatic carbocycles. The highest BCUT2D eigenvalue weighted by Gasteiger charge is 2.31. The van der Waals surface area contributed by atoms with Gasteiger partial charge in [0.25, 0.3) is 5.91 Å². The second-order valence-corrected chi connectivity index (χ2v) is 9.92. The number of hydrogen-bond donors (Lipinski definition) is 1. The summed E-state index contributed by atoms with van der Waals surface area (Å²) in [5, 5.41) is 4.91. The van der Waals surface area contributed by atoms with Gasteiger partial charge in [-0.15, -0.1) is 11.3 Å². The van der Waals surface area contributed by atoms with Gasteiger partial charge in [0.1, 0.15) is 9.77 Å². The van der Waals surface area contributed by atoms with E-state index in [0.717, 1.165) is 36.1 Å². The molecular formula is C18H19ClN4O3S2.